The molecule has 0 amide bonds. The zero-order valence-electron chi connectivity index (χ0n) is 14.3. The number of nitrogens with zero attached hydrogens (tertiary/aromatic N) is 3. The molecule has 6 heteroatoms. The first-order valence-electron chi connectivity index (χ1n) is 8.40. The normalized spacial score (nSPS) is 14.2. The van der Waals surface area contributed by atoms with E-state index in [1.165, 1.54) is 5.56 Å². The van der Waals surface area contributed by atoms with Crippen LogP contribution in [-0.4, -0.2) is 34.6 Å². The van der Waals surface area contributed by atoms with Crippen molar-refractivity contribution in [1.29, 1.82) is 0 Å². The highest BCUT2D eigenvalue weighted by Crippen LogP contribution is 2.29. The van der Waals surface area contributed by atoms with Crippen LogP contribution in [0.3, 0.4) is 0 Å². The van der Waals surface area contributed by atoms with E-state index in [0.29, 0.717) is 19.2 Å². The zero-order chi connectivity index (χ0) is 16.9. The van der Waals surface area contributed by atoms with Gasteiger partial charge in [-0.15, -0.1) is 0 Å². The van der Waals surface area contributed by atoms with Gasteiger partial charge in [0.25, 0.3) is 0 Å². The Labute approximate surface area is 142 Å². The van der Waals surface area contributed by atoms with Crippen molar-refractivity contribution in [2.75, 3.05) is 25.5 Å². The van der Waals surface area contributed by atoms with E-state index in [1.807, 2.05) is 26.1 Å². The molecule has 128 valence electrons. The van der Waals surface area contributed by atoms with E-state index in [1.54, 1.807) is 0 Å². The molecule has 0 radical (unpaired) electrons. The van der Waals surface area contributed by atoms with Gasteiger partial charge in [-0.1, -0.05) is 6.07 Å². The number of hydrogen-bond donors (Lipinski definition) is 1. The van der Waals surface area contributed by atoms with Crippen LogP contribution in [-0.2, 0) is 19.5 Å². The molecule has 0 bridgehead atoms. The Kier molecular flexibility index (Phi) is 5.15. The Morgan fingerprint density at radius 1 is 1.17 bits per heavy atom. The Morgan fingerprint density at radius 3 is 2.75 bits per heavy atom. The Morgan fingerprint density at radius 2 is 1.96 bits per heavy atom. The third kappa shape index (κ3) is 3.76. The molecule has 1 aliphatic rings. The quantitative estimate of drug-likeness (QED) is 0.878. The first-order valence-corrected chi connectivity index (χ1v) is 8.40. The Bertz CT molecular complexity index is 705. The van der Waals surface area contributed by atoms with E-state index < -0.39 is 0 Å². The summed E-state index contributed by atoms with van der Waals surface area (Å²) in [6, 6.07) is 6.16. The van der Waals surface area contributed by atoms with E-state index in [4.69, 9.17) is 15.2 Å². The first-order chi connectivity index (χ1) is 11.7. The van der Waals surface area contributed by atoms with E-state index in [-0.39, 0.29) is 0 Å². The van der Waals surface area contributed by atoms with Gasteiger partial charge in [0, 0.05) is 37.8 Å². The fourth-order valence-electron chi connectivity index (χ4n) is 2.98. The van der Waals surface area contributed by atoms with Gasteiger partial charge in [0.15, 0.2) is 11.5 Å². The highest BCUT2D eigenvalue weighted by molar-refractivity contribution is 5.43. The summed E-state index contributed by atoms with van der Waals surface area (Å²) < 4.78 is 11.3. The zero-order valence-corrected chi connectivity index (χ0v) is 14.3. The van der Waals surface area contributed by atoms with Crippen molar-refractivity contribution in [2.24, 2.45) is 0 Å². The number of aromatic nitrogens is 2. The number of fused-ring (bicyclic) bond motifs is 1. The summed E-state index contributed by atoms with van der Waals surface area (Å²) in [5.41, 5.74) is 9.10. The molecule has 2 aromatic rings. The van der Waals surface area contributed by atoms with Gasteiger partial charge in [-0.3, -0.25) is 4.90 Å². The monoisotopic (exact) mass is 328 g/mol. The minimum absolute atomic E-state index is 0.357. The van der Waals surface area contributed by atoms with Crippen LogP contribution in [0.25, 0.3) is 0 Å². The van der Waals surface area contributed by atoms with Crippen LogP contribution in [0, 0.1) is 0 Å². The molecule has 0 saturated carbocycles. The highest BCUT2D eigenvalue weighted by atomic mass is 16.5. The molecule has 1 aliphatic heterocycles. The van der Waals surface area contributed by atoms with Crippen molar-refractivity contribution < 1.29 is 9.47 Å². The summed E-state index contributed by atoms with van der Waals surface area (Å²) >= 11 is 0. The number of nitrogens with two attached hydrogens (primary N) is 1. The second-order valence-electron chi connectivity index (χ2n) is 5.81. The van der Waals surface area contributed by atoms with Gasteiger partial charge in [0.2, 0.25) is 5.95 Å². The van der Waals surface area contributed by atoms with Crippen molar-refractivity contribution in [3.05, 3.63) is 41.2 Å². The lowest BCUT2D eigenvalue weighted by atomic mass is 10.1. The van der Waals surface area contributed by atoms with Crippen LogP contribution in [0.2, 0.25) is 0 Å². The SMILES string of the molecule is CCOc1ccc(CN2CCc3nc(N)ncc3C2)cc1OCC. The van der Waals surface area contributed by atoms with Crippen LogP contribution in [0.15, 0.2) is 24.4 Å². The van der Waals surface area contributed by atoms with Crippen molar-refractivity contribution in [3.8, 4) is 11.5 Å². The minimum Gasteiger partial charge on any atom is -0.490 e. The largest absolute Gasteiger partial charge is 0.490 e. The van der Waals surface area contributed by atoms with E-state index in [0.717, 1.165) is 48.8 Å². The maximum Gasteiger partial charge on any atom is 0.220 e. The van der Waals surface area contributed by atoms with Gasteiger partial charge in [-0.25, -0.2) is 9.97 Å². The molecule has 6 nitrogen and oxygen atoms in total. The van der Waals surface area contributed by atoms with Crippen LogP contribution in [0.1, 0.15) is 30.7 Å². The highest BCUT2D eigenvalue weighted by Gasteiger charge is 2.18. The molecule has 0 spiro atoms. The molecule has 0 fully saturated rings. The number of ether oxygens (including phenoxy) is 2. The first kappa shape index (κ1) is 16.5. The molecule has 1 aromatic heterocycles. The molecule has 2 heterocycles. The van der Waals surface area contributed by atoms with E-state index >= 15 is 0 Å². The topological polar surface area (TPSA) is 73.5 Å². The van der Waals surface area contributed by atoms with Crippen molar-refractivity contribution in [2.45, 2.75) is 33.4 Å². The number of anilines is 1. The van der Waals surface area contributed by atoms with Crippen molar-refractivity contribution >= 4 is 5.95 Å². The number of rotatable bonds is 6. The predicted molar refractivity (Wildman–Crippen MR) is 93.0 cm³/mol. The molecule has 0 aliphatic carbocycles. The number of hydrogen-bond acceptors (Lipinski definition) is 6. The molecule has 3 rings (SSSR count). The summed E-state index contributed by atoms with van der Waals surface area (Å²) in [5, 5.41) is 0. The summed E-state index contributed by atoms with van der Waals surface area (Å²) in [7, 11) is 0. The van der Waals surface area contributed by atoms with Gasteiger partial charge in [-0.05, 0) is 31.5 Å². The van der Waals surface area contributed by atoms with Crippen molar-refractivity contribution in [3.63, 3.8) is 0 Å². The molecule has 0 atom stereocenters. The van der Waals surface area contributed by atoms with E-state index in [2.05, 4.69) is 27.0 Å². The molecule has 0 unspecified atom stereocenters. The molecule has 0 saturated heterocycles. The van der Waals surface area contributed by atoms with E-state index in [9.17, 15) is 0 Å². The summed E-state index contributed by atoms with van der Waals surface area (Å²) in [6.45, 7) is 7.87. The lowest BCUT2D eigenvalue weighted by Crippen LogP contribution is -2.31. The van der Waals surface area contributed by atoms with Crippen LogP contribution >= 0.6 is 0 Å². The molecule has 24 heavy (non-hydrogen) atoms. The maximum atomic E-state index is 5.71. The summed E-state index contributed by atoms with van der Waals surface area (Å²) in [6.07, 6.45) is 2.74. The summed E-state index contributed by atoms with van der Waals surface area (Å²) in [4.78, 5) is 10.8. The molecule has 2 N–H and O–H groups in total. The number of nitrogen functional groups attached to an aromatic ring is 1. The lowest BCUT2D eigenvalue weighted by Gasteiger charge is -2.28. The van der Waals surface area contributed by atoms with Gasteiger partial charge in [-0.2, -0.15) is 0 Å². The third-order valence-electron chi connectivity index (χ3n) is 4.05. The molecular weight excluding hydrogens is 304 g/mol. The maximum absolute atomic E-state index is 5.71. The Balaban J connectivity index is 1.72. The number of benzene rings is 1. The van der Waals surface area contributed by atoms with Gasteiger partial charge in [0.1, 0.15) is 0 Å². The van der Waals surface area contributed by atoms with Gasteiger partial charge in [0.05, 0.1) is 18.9 Å². The molecular formula is C18H24N4O2. The third-order valence-corrected chi connectivity index (χ3v) is 4.05. The minimum atomic E-state index is 0.357. The average molecular weight is 328 g/mol. The van der Waals surface area contributed by atoms with Gasteiger partial charge < -0.3 is 15.2 Å². The van der Waals surface area contributed by atoms with Gasteiger partial charge >= 0.3 is 0 Å². The predicted octanol–water partition coefficient (Wildman–Crippen LogP) is 2.41. The van der Waals surface area contributed by atoms with Crippen molar-refractivity contribution in [1.82, 2.24) is 14.9 Å². The Hall–Kier alpha value is -2.34. The van der Waals surface area contributed by atoms with Crippen LogP contribution in [0.4, 0.5) is 5.95 Å². The lowest BCUT2D eigenvalue weighted by molar-refractivity contribution is 0.241. The fraction of sp³-hybridized carbons (Fsp3) is 0.444. The van der Waals surface area contributed by atoms with Crippen LogP contribution in [0.5, 0.6) is 11.5 Å². The average Bonchev–Trinajstić information content (AvgIpc) is 2.58. The second-order valence-corrected chi connectivity index (χ2v) is 5.81. The smallest absolute Gasteiger partial charge is 0.220 e. The standard InChI is InChI=1S/C18H24N4O2/c1-3-23-16-6-5-13(9-17(16)24-4-2)11-22-8-7-15-14(12-22)10-20-18(19)21-15/h5-6,9-10H,3-4,7-8,11-12H2,1-2H3,(H2,19,20,21). The second kappa shape index (κ2) is 7.49. The summed E-state index contributed by atoms with van der Waals surface area (Å²) in [5.74, 6) is 1.97. The fourth-order valence-corrected chi connectivity index (χ4v) is 2.98. The molecule has 1 aromatic carbocycles. The van der Waals surface area contributed by atoms with Crippen LogP contribution < -0.4 is 15.2 Å².